The lowest BCUT2D eigenvalue weighted by Gasteiger charge is -2.18. The van der Waals surface area contributed by atoms with E-state index in [1.165, 1.54) is 31.3 Å². The Balaban J connectivity index is 1.77. The van der Waals surface area contributed by atoms with Gasteiger partial charge in [-0.3, -0.25) is 0 Å². The van der Waals surface area contributed by atoms with Crippen molar-refractivity contribution in [2.45, 2.75) is 58.5 Å². The summed E-state index contributed by atoms with van der Waals surface area (Å²) in [6.07, 6.45) is 5.67. The van der Waals surface area contributed by atoms with Crippen molar-refractivity contribution >= 4 is 22.8 Å². The van der Waals surface area contributed by atoms with Crippen LogP contribution in [0.25, 0.3) is 11.2 Å². The second-order valence-corrected chi connectivity index (χ2v) is 6.95. The Labute approximate surface area is 130 Å². The van der Waals surface area contributed by atoms with E-state index in [1.54, 1.807) is 0 Å². The molecule has 21 heavy (non-hydrogen) atoms. The molecule has 0 atom stereocenters. The zero-order chi connectivity index (χ0) is 14.6. The highest BCUT2D eigenvalue weighted by Gasteiger charge is 2.42. The SMILES string of the molecule is CCn1nc(C)c2nc(CCl)n(CC(C3CC3)C3CC3)c21. The van der Waals surface area contributed by atoms with Gasteiger partial charge in [-0.05, 0) is 57.3 Å². The molecule has 114 valence electrons. The number of aromatic nitrogens is 4. The first-order valence-electron chi connectivity index (χ1n) is 8.21. The Morgan fingerprint density at radius 3 is 2.43 bits per heavy atom. The second-order valence-electron chi connectivity index (χ2n) is 6.68. The Morgan fingerprint density at radius 2 is 1.90 bits per heavy atom. The molecule has 0 radical (unpaired) electrons. The Hall–Kier alpha value is -1.03. The molecular weight excluding hydrogens is 284 g/mol. The first kappa shape index (κ1) is 13.6. The summed E-state index contributed by atoms with van der Waals surface area (Å²) in [6.45, 7) is 6.15. The lowest BCUT2D eigenvalue weighted by Crippen LogP contribution is -2.18. The topological polar surface area (TPSA) is 35.6 Å². The zero-order valence-corrected chi connectivity index (χ0v) is 13.6. The third-order valence-corrected chi connectivity index (χ3v) is 5.38. The van der Waals surface area contributed by atoms with E-state index in [9.17, 15) is 0 Å². The minimum absolute atomic E-state index is 0.486. The number of alkyl halides is 1. The average molecular weight is 307 g/mol. The van der Waals surface area contributed by atoms with E-state index in [2.05, 4.69) is 21.3 Å². The molecule has 0 N–H and O–H groups in total. The van der Waals surface area contributed by atoms with Crippen LogP contribution in [0.15, 0.2) is 0 Å². The number of halogens is 1. The van der Waals surface area contributed by atoms with Crippen molar-refractivity contribution in [1.82, 2.24) is 19.3 Å². The van der Waals surface area contributed by atoms with Crippen LogP contribution in [0.5, 0.6) is 0 Å². The van der Waals surface area contributed by atoms with Crippen molar-refractivity contribution < 1.29 is 0 Å². The van der Waals surface area contributed by atoms with Gasteiger partial charge in [0.1, 0.15) is 11.3 Å². The van der Waals surface area contributed by atoms with E-state index >= 15 is 0 Å². The van der Waals surface area contributed by atoms with Crippen LogP contribution < -0.4 is 0 Å². The first-order chi connectivity index (χ1) is 10.2. The van der Waals surface area contributed by atoms with E-state index in [-0.39, 0.29) is 0 Å². The molecule has 0 aliphatic heterocycles. The van der Waals surface area contributed by atoms with Crippen LogP contribution in [0.4, 0.5) is 0 Å². The van der Waals surface area contributed by atoms with Crippen LogP contribution in [0, 0.1) is 24.7 Å². The lowest BCUT2D eigenvalue weighted by atomic mass is 9.98. The van der Waals surface area contributed by atoms with Crippen molar-refractivity contribution in [2.24, 2.45) is 17.8 Å². The molecule has 0 aromatic carbocycles. The molecular formula is C16H23ClN4. The van der Waals surface area contributed by atoms with E-state index in [1.807, 2.05) is 6.92 Å². The maximum Gasteiger partial charge on any atom is 0.158 e. The van der Waals surface area contributed by atoms with Gasteiger partial charge in [-0.2, -0.15) is 5.10 Å². The fourth-order valence-corrected chi connectivity index (χ4v) is 3.93. The molecule has 0 unspecified atom stereocenters. The molecule has 2 fully saturated rings. The van der Waals surface area contributed by atoms with Crippen LogP contribution in [0.3, 0.4) is 0 Å². The Kier molecular flexibility index (Phi) is 3.25. The molecule has 2 aromatic rings. The van der Waals surface area contributed by atoms with Crippen LogP contribution in [0.1, 0.15) is 44.1 Å². The summed E-state index contributed by atoms with van der Waals surface area (Å²) in [5, 5.41) is 4.62. The van der Waals surface area contributed by atoms with Gasteiger partial charge in [0.2, 0.25) is 0 Å². The molecule has 0 bridgehead atoms. The standard InChI is InChI=1S/C16H23ClN4/c1-3-21-16-15(10(2)19-21)18-14(8-17)20(16)9-13(11-4-5-11)12-6-7-12/h11-13H,3-9H2,1-2H3. The quantitative estimate of drug-likeness (QED) is 0.762. The molecule has 2 aliphatic carbocycles. The van der Waals surface area contributed by atoms with Crippen molar-refractivity contribution in [3.8, 4) is 0 Å². The molecule has 5 heteroatoms. The van der Waals surface area contributed by atoms with Crippen molar-refractivity contribution in [1.29, 1.82) is 0 Å². The molecule has 0 spiro atoms. The normalized spacial score (nSPS) is 19.0. The van der Waals surface area contributed by atoms with Crippen LogP contribution >= 0.6 is 11.6 Å². The van der Waals surface area contributed by atoms with Gasteiger partial charge in [0, 0.05) is 13.1 Å². The number of rotatable bonds is 6. The summed E-state index contributed by atoms with van der Waals surface area (Å²) in [5.74, 6) is 4.21. The summed E-state index contributed by atoms with van der Waals surface area (Å²) in [7, 11) is 0. The molecule has 2 aromatic heterocycles. The van der Waals surface area contributed by atoms with Gasteiger partial charge < -0.3 is 4.57 Å². The second kappa shape index (κ2) is 5.01. The molecule has 4 nitrogen and oxygen atoms in total. The van der Waals surface area contributed by atoms with Gasteiger partial charge in [0.05, 0.1) is 11.6 Å². The van der Waals surface area contributed by atoms with Crippen molar-refractivity contribution in [2.75, 3.05) is 0 Å². The van der Waals surface area contributed by atoms with E-state index in [0.717, 1.165) is 47.9 Å². The largest absolute Gasteiger partial charge is 0.312 e. The monoisotopic (exact) mass is 306 g/mol. The Bertz CT molecular complexity index is 651. The summed E-state index contributed by atoms with van der Waals surface area (Å²) in [4.78, 5) is 4.76. The number of hydrogen-bond acceptors (Lipinski definition) is 2. The van der Waals surface area contributed by atoms with Crippen molar-refractivity contribution in [3.05, 3.63) is 11.5 Å². The zero-order valence-electron chi connectivity index (χ0n) is 12.8. The third kappa shape index (κ3) is 2.28. The van der Waals surface area contributed by atoms with E-state index < -0.39 is 0 Å². The van der Waals surface area contributed by atoms with Crippen LogP contribution in [0.2, 0.25) is 0 Å². The van der Waals surface area contributed by atoms with E-state index in [4.69, 9.17) is 16.6 Å². The van der Waals surface area contributed by atoms with Gasteiger partial charge in [-0.15, -0.1) is 11.6 Å². The fourth-order valence-electron chi connectivity index (χ4n) is 3.73. The summed E-state index contributed by atoms with van der Waals surface area (Å²) in [5.41, 5.74) is 3.24. The summed E-state index contributed by atoms with van der Waals surface area (Å²) < 4.78 is 4.46. The molecule has 2 aliphatic rings. The van der Waals surface area contributed by atoms with Gasteiger partial charge in [-0.25, -0.2) is 9.67 Å². The number of imidazole rings is 1. The third-order valence-electron chi connectivity index (χ3n) is 5.15. The van der Waals surface area contributed by atoms with Crippen molar-refractivity contribution in [3.63, 3.8) is 0 Å². The van der Waals surface area contributed by atoms with Crippen LogP contribution in [-0.2, 0) is 19.0 Å². The van der Waals surface area contributed by atoms with Gasteiger partial charge in [0.15, 0.2) is 5.65 Å². The molecule has 4 rings (SSSR count). The van der Waals surface area contributed by atoms with Crippen LogP contribution in [-0.4, -0.2) is 19.3 Å². The number of nitrogens with zero attached hydrogens (tertiary/aromatic N) is 4. The van der Waals surface area contributed by atoms with Gasteiger partial charge in [-0.1, -0.05) is 0 Å². The predicted molar refractivity (Wildman–Crippen MR) is 84.4 cm³/mol. The molecule has 2 saturated carbocycles. The van der Waals surface area contributed by atoms with E-state index in [0.29, 0.717) is 5.88 Å². The highest BCUT2D eigenvalue weighted by Crippen LogP contribution is 2.50. The fraction of sp³-hybridized carbons (Fsp3) is 0.750. The lowest BCUT2D eigenvalue weighted by molar-refractivity contribution is 0.347. The Morgan fingerprint density at radius 1 is 1.24 bits per heavy atom. The smallest absolute Gasteiger partial charge is 0.158 e. The van der Waals surface area contributed by atoms with Gasteiger partial charge >= 0.3 is 0 Å². The number of fused-ring (bicyclic) bond motifs is 1. The predicted octanol–water partition coefficient (Wildman–Crippen LogP) is 3.74. The summed E-state index contributed by atoms with van der Waals surface area (Å²) in [6, 6.07) is 0. The number of aryl methyl sites for hydroxylation is 2. The highest BCUT2D eigenvalue weighted by molar-refractivity contribution is 6.16. The van der Waals surface area contributed by atoms with Gasteiger partial charge in [0.25, 0.3) is 0 Å². The first-order valence-corrected chi connectivity index (χ1v) is 8.74. The molecule has 0 saturated heterocycles. The average Bonchev–Trinajstić information content (AvgIpc) is 3.39. The number of hydrogen-bond donors (Lipinski definition) is 0. The minimum Gasteiger partial charge on any atom is -0.312 e. The molecule has 2 heterocycles. The maximum absolute atomic E-state index is 6.17. The summed E-state index contributed by atoms with van der Waals surface area (Å²) >= 11 is 6.17. The minimum atomic E-state index is 0.486. The molecule has 0 amide bonds. The maximum atomic E-state index is 6.17. The highest BCUT2D eigenvalue weighted by atomic mass is 35.5.